The smallest absolute Gasteiger partial charge is 0.306 e. The number of rotatable bonds is 44. The standard InChI is InChI=1S/C54H95NO5/c1-4-7-10-13-16-19-22-25-26-27-29-32-35-38-41-44-47-54(59)60-50(45-42-39-36-33-30-28-23-20-17-14-11-8-5-2)48-53(58)55-51(49-56)52(57)46-43-40-37-34-31-24-21-18-15-12-9-6-3/h8,11,14,17,20,23,26-30,32,50-52,56-57H,4-7,9-10,12-13,15-16,18-19,21-22,24-25,31,33-49H2,1-3H3,(H,55,58)/b11-8+,17-14+,23-20+,27-26+,30-28-,32-29+. The predicted octanol–water partition coefficient (Wildman–Crippen LogP) is 15.0. The summed E-state index contributed by atoms with van der Waals surface area (Å²) in [7, 11) is 0. The van der Waals surface area contributed by atoms with E-state index in [0.29, 0.717) is 19.3 Å². The quantitative estimate of drug-likeness (QED) is 0.0323. The van der Waals surface area contributed by atoms with Gasteiger partial charge in [0.2, 0.25) is 5.91 Å². The Morgan fingerprint density at radius 1 is 0.500 bits per heavy atom. The molecule has 6 nitrogen and oxygen atoms in total. The molecule has 0 aliphatic carbocycles. The fraction of sp³-hybridized carbons (Fsp3) is 0.741. The van der Waals surface area contributed by atoms with Gasteiger partial charge in [0.25, 0.3) is 0 Å². The lowest BCUT2D eigenvalue weighted by Crippen LogP contribution is -2.46. The Hall–Kier alpha value is -2.70. The number of ether oxygens (including phenoxy) is 1. The molecule has 0 aromatic carbocycles. The molecule has 60 heavy (non-hydrogen) atoms. The summed E-state index contributed by atoms with van der Waals surface area (Å²) in [6.07, 6.45) is 59.6. The molecule has 0 aliphatic rings. The summed E-state index contributed by atoms with van der Waals surface area (Å²) in [6, 6.07) is -0.722. The molecule has 0 aromatic heterocycles. The van der Waals surface area contributed by atoms with Crippen molar-refractivity contribution in [3.8, 4) is 0 Å². The van der Waals surface area contributed by atoms with Crippen molar-refractivity contribution < 1.29 is 24.5 Å². The van der Waals surface area contributed by atoms with E-state index in [4.69, 9.17) is 4.74 Å². The molecule has 0 rings (SSSR count). The third-order valence-electron chi connectivity index (χ3n) is 11.1. The lowest BCUT2D eigenvalue weighted by Gasteiger charge is -2.24. The number of hydrogen-bond acceptors (Lipinski definition) is 5. The van der Waals surface area contributed by atoms with E-state index >= 15 is 0 Å². The van der Waals surface area contributed by atoms with Crippen LogP contribution < -0.4 is 5.32 Å². The van der Waals surface area contributed by atoms with E-state index in [9.17, 15) is 19.8 Å². The molecule has 346 valence electrons. The van der Waals surface area contributed by atoms with Gasteiger partial charge in [-0.05, 0) is 70.6 Å². The highest BCUT2D eigenvalue weighted by Crippen LogP contribution is 2.17. The first kappa shape index (κ1) is 57.3. The van der Waals surface area contributed by atoms with E-state index in [1.165, 1.54) is 103 Å². The topological polar surface area (TPSA) is 95.9 Å². The first-order valence-corrected chi connectivity index (χ1v) is 25.2. The van der Waals surface area contributed by atoms with E-state index in [1.54, 1.807) is 0 Å². The Labute approximate surface area is 371 Å². The van der Waals surface area contributed by atoms with Gasteiger partial charge in [-0.2, -0.15) is 0 Å². The summed E-state index contributed by atoms with van der Waals surface area (Å²) >= 11 is 0. The molecular weight excluding hydrogens is 743 g/mol. The second-order valence-electron chi connectivity index (χ2n) is 17.0. The van der Waals surface area contributed by atoms with Crippen LogP contribution in [0.3, 0.4) is 0 Å². The second-order valence-corrected chi connectivity index (χ2v) is 17.0. The van der Waals surface area contributed by atoms with Gasteiger partial charge >= 0.3 is 5.97 Å². The van der Waals surface area contributed by atoms with E-state index < -0.39 is 18.2 Å². The molecule has 0 radical (unpaired) electrons. The highest BCUT2D eigenvalue weighted by molar-refractivity contribution is 5.77. The Morgan fingerprint density at radius 3 is 1.40 bits per heavy atom. The minimum atomic E-state index is -0.805. The van der Waals surface area contributed by atoms with Crippen molar-refractivity contribution in [2.75, 3.05) is 6.61 Å². The average Bonchev–Trinajstić information content (AvgIpc) is 3.24. The number of hydrogen-bond donors (Lipinski definition) is 3. The fourth-order valence-corrected chi connectivity index (χ4v) is 7.31. The minimum absolute atomic E-state index is 0.0382. The number of aliphatic hydroxyl groups is 2. The first-order chi connectivity index (χ1) is 29.5. The summed E-state index contributed by atoms with van der Waals surface area (Å²) in [4.78, 5) is 26.1. The highest BCUT2D eigenvalue weighted by Gasteiger charge is 2.24. The molecule has 0 spiro atoms. The molecule has 0 aliphatic heterocycles. The van der Waals surface area contributed by atoms with Crippen LogP contribution in [0.5, 0.6) is 0 Å². The highest BCUT2D eigenvalue weighted by atomic mass is 16.5. The van der Waals surface area contributed by atoms with Gasteiger partial charge in [0.1, 0.15) is 6.10 Å². The van der Waals surface area contributed by atoms with Gasteiger partial charge in [-0.25, -0.2) is 0 Å². The van der Waals surface area contributed by atoms with Crippen LogP contribution in [0.4, 0.5) is 0 Å². The summed E-state index contributed by atoms with van der Waals surface area (Å²) in [5, 5.41) is 23.7. The molecule has 3 atom stereocenters. The Bertz CT molecular complexity index is 1120. The molecule has 1 amide bonds. The van der Waals surface area contributed by atoms with Crippen molar-refractivity contribution in [1.29, 1.82) is 0 Å². The Balaban J connectivity index is 4.69. The van der Waals surface area contributed by atoms with Crippen LogP contribution >= 0.6 is 0 Å². The van der Waals surface area contributed by atoms with Crippen LogP contribution in [0, 0.1) is 0 Å². The van der Waals surface area contributed by atoms with Crippen molar-refractivity contribution in [2.24, 2.45) is 0 Å². The van der Waals surface area contributed by atoms with Crippen molar-refractivity contribution >= 4 is 11.9 Å². The van der Waals surface area contributed by atoms with Crippen LogP contribution in [-0.2, 0) is 14.3 Å². The summed E-state index contributed by atoms with van der Waals surface area (Å²) in [5.74, 6) is -0.547. The second kappa shape index (κ2) is 47.4. The third-order valence-corrected chi connectivity index (χ3v) is 11.1. The number of carbonyl (C=O) groups excluding carboxylic acids is 2. The molecular formula is C54H95NO5. The maximum atomic E-state index is 13.2. The van der Waals surface area contributed by atoms with Crippen molar-refractivity contribution in [2.45, 2.75) is 251 Å². The maximum Gasteiger partial charge on any atom is 0.306 e. The third kappa shape index (κ3) is 42.0. The molecule has 3 N–H and O–H groups in total. The largest absolute Gasteiger partial charge is 0.462 e. The number of allylic oxidation sites excluding steroid dienone is 12. The average molecular weight is 838 g/mol. The maximum absolute atomic E-state index is 13.2. The van der Waals surface area contributed by atoms with E-state index in [1.807, 2.05) is 24.3 Å². The molecule has 0 bridgehead atoms. The zero-order valence-electron chi connectivity index (χ0n) is 39.3. The number of carbonyl (C=O) groups is 2. The molecule has 0 fully saturated rings. The fourth-order valence-electron chi connectivity index (χ4n) is 7.31. The van der Waals surface area contributed by atoms with Gasteiger partial charge in [-0.3, -0.25) is 9.59 Å². The van der Waals surface area contributed by atoms with Gasteiger partial charge in [0.05, 0.1) is 25.2 Å². The summed E-state index contributed by atoms with van der Waals surface area (Å²) in [6.45, 7) is 6.31. The van der Waals surface area contributed by atoms with Crippen LogP contribution in [-0.4, -0.2) is 46.9 Å². The zero-order valence-corrected chi connectivity index (χ0v) is 39.3. The lowest BCUT2D eigenvalue weighted by atomic mass is 10.0. The number of unbranched alkanes of at least 4 members (excludes halogenated alkanes) is 24. The van der Waals surface area contributed by atoms with E-state index in [2.05, 4.69) is 74.7 Å². The predicted molar refractivity (Wildman–Crippen MR) is 259 cm³/mol. The van der Waals surface area contributed by atoms with Gasteiger partial charge < -0.3 is 20.3 Å². The molecule has 0 aromatic rings. The number of esters is 1. The van der Waals surface area contributed by atoms with E-state index in [-0.39, 0.29) is 24.9 Å². The SMILES string of the molecule is CC/C=C/C=C/C=C/C=C\CCCCCC(CC(=O)NC(CO)C(O)CCCCCCCCCCCCCC)OC(=O)CCCCC/C=C/C=C/CCCCCCCCC. The molecule has 6 heteroatoms. The summed E-state index contributed by atoms with van der Waals surface area (Å²) in [5.41, 5.74) is 0. The number of aliphatic hydroxyl groups excluding tert-OH is 2. The van der Waals surface area contributed by atoms with Gasteiger partial charge in [-0.1, -0.05) is 222 Å². The van der Waals surface area contributed by atoms with Gasteiger partial charge in [0, 0.05) is 6.42 Å². The van der Waals surface area contributed by atoms with Crippen LogP contribution in [0.2, 0.25) is 0 Å². The summed E-state index contributed by atoms with van der Waals surface area (Å²) < 4.78 is 5.89. The Kier molecular flexibility index (Phi) is 45.2. The zero-order chi connectivity index (χ0) is 43.8. The molecule has 0 saturated carbocycles. The monoisotopic (exact) mass is 838 g/mol. The molecule has 0 saturated heterocycles. The van der Waals surface area contributed by atoms with Crippen molar-refractivity contribution in [1.82, 2.24) is 5.32 Å². The van der Waals surface area contributed by atoms with Crippen LogP contribution in [0.1, 0.15) is 233 Å². The van der Waals surface area contributed by atoms with Gasteiger partial charge in [0.15, 0.2) is 0 Å². The Morgan fingerprint density at radius 2 is 0.900 bits per heavy atom. The normalized spacial score (nSPS) is 13.9. The minimum Gasteiger partial charge on any atom is -0.462 e. The molecule has 3 unspecified atom stereocenters. The van der Waals surface area contributed by atoms with E-state index in [0.717, 1.165) is 83.5 Å². The number of amides is 1. The lowest BCUT2D eigenvalue weighted by molar-refractivity contribution is -0.151. The first-order valence-electron chi connectivity index (χ1n) is 25.2. The number of nitrogens with one attached hydrogen (secondary N) is 1. The van der Waals surface area contributed by atoms with Crippen molar-refractivity contribution in [3.05, 3.63) is 72.9 Å². The van der Waals surface area contributed by atoms with Crippen molar-refractivity contribution in [3.63, 3.8) is 0 Å². The van der Waals surface area contributed by atoms with Gasteiger partial charge in [-0.15, -0.1) is 0 Å². The molecule has 0 heterocycles. The van der Waals surface area contributed by atoms with Crippen LogP contribution in [0.15, 0.2) is 72.9 Å². The van der Waals surface area contributed by atoms with Crippen LogP contribution in [0.25, 0.3) is 0 Å².